The van der Waals surface area contributed by atoms with Gasteiger partial charge in [0.1, 0.15) is 11.5 Å². The highest BCUT2D eigenvalue weighted by atomic mass is 32.2. The first kappa shape index (κ1) is 23.0. The fourth-order valence-electron chi connectivity index (χ4n) is 2.99. The second-order valence-electron chi connectivity index (χ2n) is 6.82. The van der Waals surface area contributed by atoms with Crippen molar-refractivity contribution < 1.29 is 22.4 Å². The van der Waals surface area contributed by atoms with Crippen molar-refractivity contribution in [3.8, 4) is 22.6 Å². The van der Waals surface area contributed by atoms with Crippen LogP contribution >= 0.6 is 0 Å². The molecular formula is C23H30O5S. The number of hydrogen-bond donors (Lipinski definition) is 1. The molecule has 29 heavy (non-hydrogen) atoms. The van der Waals surface area contributed by atoms with Crippen LogP contribution in [0.4, 0.5) is 0 Å². The van der Waals surface area contributed by atoms with Crippen LogP contribution in [0.15, 0.2) is 61.2 Å². The van der Waals surface area contributed by atoms with Gasteiger partial charge >= 0.3 is 0 Å². The van der Waals surface area contributed by atoms with Crippen LogP contribution in [0, 0.1) is 0 Å². The van der Waals surface area contributed by atoms with Gasteiger partial charge in [0.25, 0.3) is 10.1 Å². The van der Waals surface area contributed by atoms with Crippen molar-refractivity contribution in [2.45, 2.75) is 38.5 Å². The van der Waals surface area contributed by atoms with Gasteiger partial charge in [0, 0.05) is 0 Å². The molecule has 0 radical (unpaired) electrons. The molecule has 0 amide bonds. The molecule has 0 aliphatic heterocycles. The highest BCUT2D eigenvalue weighted by molar-refractivity contribution is 7.85. The van der Waals surface area contributed by atoms with E-state index in [-0.39, 0.29) is 18.8 Å². The maximum absolute atomic E-state index is 10.9. The maximum Gasteiger partial charge on any atom is 0.264 e. The number of rotatable bonds is 14. The Morgan fingerprint density at radius 3 is 2.07 bits per heavy atom. The molecule has 0 unspecified atom stereocenters. The lowest BCUT2D eigenvalue weighted by Crippen LogP contribution is -2.09. The van der Waals surface area contributed by atoms with Crippen molar-refractivity contribution in [2.24, 2.45) is 0 Å². The van der Waals surface area contributed by atoms with Crippen molar-refractivity contribution in [2.75, 3.05) is 19.0 Å². The number of allylic oxidation sites excluding steroid dienone is 1. The molecule has 0 atom stereocenters. The summed E-state index contributed by atoms with van der Waals surface area (Å²) in [4.78, 5) is 0. The summed E-state index contributed by atoms with van der Waals surface area (Å²) in [6, 6.07) is 15.5. The molecule has 2 rings (SSSR count). The number of ether oxygens (including phenoxy) is 2. The molecular weight excluding hydrogens is 388 g/mol. The molecule has 0 bridgehead atoms. The molecule has 0 aliphatic rings. The fraction of sp³-hybridized carbons (Fsp3) is 0.391. The molecule has 2 aromatic carbocycles. The first-order valence-corrected chi connectivity index (χ1v) is 11.6. The standard InChI is InChI=1S/C23H30O5S/c1-2-3-4-5-6-10-17-27-21-15-11-16-22(28-18-12-19-29(24,25)26)23(21)20-13-8-7-9-14-20/h2,7-9,11,13-16H,1,3-6,10,12,17-19H2,(H,24,25,26). The Hall–Kier alpha value is -2.31. The molecule has 0 saturated heterocycles. The van der Waals surface area contributed by atoms with Crippen LogP contribution in [0.5, 0.6) is 11.5 Å². The second kappa shape index (κ2) is 12.3. The third-order valence-electron chi connectivity index (χ3n) is 4.41. The quantitative estimate of drug-likeness (QED) is 0.248. The molecule has 158 valence electrons. The van der Waals surface area contributed by atoms with E-state index >= 15 is 0 Å². The van der Waals surface area contributed by atoms with E-state index in [1.165, 1.54) is 0 Å². The van der Waals surface area contributed by atoms with E-state index in [2.05, 4.69) is 6.58 Å². The van der Waals surface area contributed by atoms with Crippen LogP contribution < -0.4 is 9.47 Å². The number of hydrogen-bond acceptors (Lipinski definition) is 4. The fourth-order valence-corrected chi connectivity index (χ4v) is 3.47. The average Bonchev–Trinajstić information content (AvgIpc) is 2.70. The lowest BCUT2D eigenvalue weighted by molar-refractivity contribution is 0.296. The zero-order valence-corrected chi connectivity index (χ0v) is 17.6. The highest BCUT2D eigenvalue weighted by Gasteiger charge is 2.14. The molecule has 5 nitrogen and oxygen atoms in total. The number of unbranched alkanes of at least 4 members (excludes halogenated alkanes) is 4. The predicted octanol–water partition coefficient (Wildman–Crippen LogP) is 5.53. The Labute approximate surface area is 174 Å². The smallest absolute Gasteiger partial charge is 0.264 e. The SMILES string of the molecule is C=CCCCCCCOc1cccc(OCCCS(=O)(=O)O)c1-c1ccccc1. The van der Waals surface area contributed by atoms with Crippen LogP contribution in [-0.2, 0) is 10.1 Å². The first-order valence-electron chi connectivity index (χ1n) is 10.0. The normalized spacial score (nSPS) is 11.2. The van der Waals surface area contributed by atoms with E-state index in [1.54, 1.807) is 0 Å². The van der Waals surface area contributed by atoms with Gasteiger partial charge in [-0.05, 0) is 43.4 Å². The van der Waals surface area contributed by atoms with Gasteiger partial charge in [-0.25, -0.2) is 0 Å². The maximum atomic E-state index is 10.9. The second-order valence-corrected chi connectivity index (χ2v) is 8.40. The van der Waals surface area contributed by atoms with Crippen LogP contribution in [-0.4, -0.2) is 31.9 Å². The lowest BCUT2D eigenvalue weighted by atomic mass is 10.0. The van der Waals surface area contributed by atoms with Gasteiger partial charge in [0.15, 0.2) is 0 Å². The third kappa shape index (κ3) is 8.71. The summed E-state index contributed by atoms with van der Waals surface area (Å²) in [7, 11) is -3.98. The van der Waals surface area contributed by atoms with E-state index in [4.69, 9.17) is 14.0 Å². The first-order chi connectivity index (χ1) is 14.0. The molecule has 2 aromatic rings. The van der Waals surface area contributed by atoms with Gasteiger partial charge in [-0.3, -0.25) is 4.55 Å². The van der Waals surface area contributed by atoms with E-state index in [1.807, 2.05) is 54.6 Å². The zero-order chi connectivity index (χ0) is 21.0. The third-order valence-corrected chi connectivity index (χ3v) is 5.22. The summed E-state index contributed by atoms with van der Waals surface area (Å²) in [5.74, 6) is 1.06. The molecule has 0 heterocycles. The van der Waals surface area contributed by atoms with Crippen LogP contribution in [0.1, 0.15) is 38.5 Å². The van der Waals surface area contributed by atoms with E-state index < -0.39 is 10.1 Å². The van der Waals surface area contributed by atoms with Gasteiger partial charge in [-0.15, -0.1) is 6.58 Å². The summed E-state index contributed by atoms with van der Waals surface area (Å²) >= 11 is 0. The van der Waals surface area contributed by atoms with Crippen molar-refractivity contribution in [1.82, 2.24) is 0 Å². The Balaban J connectivity index is 2.04. The summed E-state index contributed by atoms with van der Waals surface area (Å²) in [6.07, 6.45) is 7.62. The molecule has 0 saturated carbocycles. The molecule has 0 fully saturated rings. The minimum Gasteiger partial charge on any atom is -0.493 e. The van der Waals surface area contributed by atoms with Crippen molar-refractivity contribution >= 4 is 10.1 Å². The van der Waals surface area contributed by atoms with Crippen LogP contribution in [0.2, 0.25) is 0 Å². The lowest BCUT2D eigenvalue weighted by Gasteiger charge is -2.16. The zero-order valence-electron chi connectivity index (χ0n) is 16.8. The predicted molar refractivity (Wildman–Crippen MR) is 117 cm³/mol. The Kier molecular flexibility index (Phi) is 9.74. The average molecular weight is 419 g/mol. The van der Waals surface area contributed by atoms with E-state index in [0.717, 1.165) is 49.0 Å². The topological polar surface area (TPSA) is 72.8 Å². The van der Waals surface area contributed by atoms with Crippen molar-refractivity contribution in [1.29, 1.82) is 0 Å². The van der Waals surface area contributed by atoms with Gasteiger partial charge in [-0.1, -0.05) is 55.3 Å². The van der Waals surface area contributed by atoms with Crippen molar-refractivity contribution in [3.63, 3.8) is 0 Å². The Bertz CT molecular complexity index is 847. The van der Waals surface area contributed by atoms with Crippen LogP contribution in [0.3, 0.4) is 0 Å². The minimum absolute atomic E-state index is 0.187. The molecule has 0 aliphatic carbocycles. The Morgan fingerprint density at radius 1 is 0.828 bits per heavy atom. The highest BCUT2D eigenvalue weighted by Crippen LogP contribution is 2.38. The van der Waals surface area contributed by atoms with Gasteiger partial charge in [0.05, 0.1) is 24.5 Å². The van der Waals surface area contributed by atoms with Gasteiger partial charge in [-0.2, -0.15) is 8.42 Å². The van der Waals surface area contributed by atoms with E-state index in [0.29, 0.717) is 12.4 Å². The summed E-state index contributed by atoms with van der Waals surface area (Å²) in [5.41, 5.74) is 1.82. The Morgan fingerprint density at radius 2 is 1.45 bits per heavy atom. The summed E-state index contributed by atoms with van der Waals surface area (Å²) < 4.78 is 42.5. The monoisotopic (exact) mass is 418 g/mol. The van der Waals surface area contributed by atoms with Crippen molar-refractivity contribution in [3.05, 3.63) is 61.2 Å². The van der Waals surface area contributed by atoms with Gasteiger partial charge in [0.2, 0.25) is 0 Å². The van der Waals surface area contributed by atoms with E-state index in [9.17, 15) is 8.42 Å². The summed E-state index contributed by atoms with van der Waals surface area (Å²) in [5, 5.41) is 0. The minimum atomic E-state index is -3.98. The molecule has 0 spiro atoms. The largest absolute Gasteiger partial charge is 0.493 e. The van der Waals surface area contributed by atoms with Crippen LogP contribution in [0.25, 0.3) is 11.1 Å². The van der Waals surface area contributed by atoms with Gasteiger partial charge < -0.3 is 9.47 Å². The molecule has 0 aromatic heterocycles. The molecule has 6 heteroatoms. The molecule has 1 N–H and O–H groups in total. The number of benzene rings is 2. The summed E-state index contributed by atoms with van der Waals surface area (Å²) in [6.45, 7) is 4.55.